The topological polar surface area (TPSA) is 43.4 Å². The molecule has 1 aromatic rings. The van der Waals surface area contributed by atoms with Crippen LogP contribution in [0, 0.1) is 0 Å². The van der Waals surface area contributed by atoms with Crippen molar-refractivity contribution >= 4 is 11.6 Å². The Morgan fingerprint density at radius 2 is 2.05 bits per heavy atom. The SMILES string of the molecule is CC(C)(C)OCCOc1ccc(Cl)c(CNC2CC2)n1. The number of aromatic nitrogens is 1. The van der Waals surface area contributed by atoms with E-state index in [-0.39, 0.29) is 5.60 Å². The molecule has 0 amide bonds. The predicted molar refractivity (Wildman–Crippen MR) is 80.3 cm³/mol. The van der Waals surface area contributed by atoms with Gasteiger partial charge in [-0.3, -0.25) is 0 Å². The van der Waals surface area contributed by atoms with Crippen molar-refractivity contribution in [3.8, 4) is 5.88 Å². The molecule has 1 fully saturated rings. The van der Waals surface area contributed by atoms with E-state index in [9.17, 15) is 0 Å². The summed E-state index contributed by atoms with van der Waals surface area (Å²) in [5.41, 5.74) is 0.698. The van der Waals surface area contributed by atoms with Crippen molar-refractivity contribution in [3.63, 3.8) is 0 Å². The summed E-state index contributed by atoms with van der Waals surface area (Å²) >= 11 is 6.14. The van der Waals surface area contributed by atoms with Crippen LogP contribution in [0.3, 0.4) is 0 Å². The fourth-order valence-corrected chi connectivity index (χ4v) is 1.86. The Balaban J connectivity index is 1.80. The molecular weight excluding hydrogens is 276 g/mol. The van der Waals surface area contributed by atoms with E-state index in [4.69, 9.17) is 21.1 Å². The van der Waals surface area contributed by atoms with Crippen LogP contribution in [0.15, 0.2) is 12.1 Å². The molecule has 0 aliphatic heterocycles. The van der Waals surface area contributed by atoms with Gasteiger partial charge < -0.3 is 14.8 Å². The molecule has 1 N–H and O–H groups in total. The zero-order valence-electron chi connectivity index (χ0n) is 12.4. The first kappa shape index (κ1) is 15.5. The maximum absolute atomic E-state index is 6.14. The monoisotopic (exact) mass is 298 g/mol. The van der Waals surface area contributed by atoms with Crippen molar-refractivity contribution in [1.82, 2.24) is 10.3 Å². The minimum absolute atomic E-state index is 0.143. The highest BCUT2D eigenvalue weighted by Gasteiger charge is 2.20. The Hall–Kier alpha value is -0.840. The standard InChI is InChI=1S/C15H23ClN2O2/c1-15(2,3)20-9-8-19-14-7-6-12(16)13(18-14)10-17-11-4-5-11/h6-7,11,17H,4-5,8-10H2,1-3H3. The van der Waals surface area contributed by atoms with Gasteiger partial charge in [0.15, 0.2) is 0 Å². The van der Waals surface area contributed by atoms with Crippen LogP contribution in [0.4, 0.5) is 0 Å². The molecule has 0 spiro atoms. The quantitative estimate of drug-likeness (QED) is 0.785. The van der Waals surface area contributed by atoms with Crippen molar-refractivity contribution < 1.29 is 9.47 Å². The van der Waals surface area contributed by atoms with E-state index in [1.54, 1.807) is 6.07 Å². The van der Waals surface area contributed by atoms with Crippen LogP contribution in [0.25, 0.3) is 0 Å². The third-order valence-corrected chi connectivity index (χ3v) is 3.24. The molecule has 1 aromatic heterocycles. The van der Waals surface area contributed by atoms with E-state index in [1.807, 2.05) is 26.8 Å². The molecule has 1 aliphatic carbocycles. The highest BCUT2D eigenvalue weighted by Crippen LogP contribution is 2.22. The zero-order valence-corrected chi connectivity index (χ0v) is 13.2. The summed E-state index contributed by atoms with van der Waals surface area (Å²) in [4.78, 5) is 4.43. The number of nitrogens with one attached hydrogen (secondary N) is 1. The summed E-state index contributed by atoms with van der Waals surface area (Å²) in [5, 5.41) is 4.08. The maximum Gasteiger partial charge on any atom is 0.213 e. The lowest BCUT2D eigenvalue weighted by Gasteiger charge is -2.19. The lowest BCUT2D eigenvalue weighted by molar-refractivity contribution is -0.0168. The summed E-state index contributed by atoms with van der Waals surface area (Å²) in [6.07, 6.45) is 2.50. The zero-order chi connectivity index (χ0) is 14.6. The molecule has 20 heavy (non-hydrogen) atoms. The maximum atomic E-state index is 6.14. The van der Waals surface area contributed by atoms with Crippen LogP contribution in [0.1, 0.15) is 39.3 Å². The molecule has 1 saturated carbocycles. The summed E-state index contributed by atoms with van der Waals surface area (Å²) in [6, 6.07) is 4.26. The van der Waals surface area contributed by atoms with Gasteiger partial charge in [0.25, 0.3) is 0 Å². The Bertz CT molecular complexity index is 442. The first-order chi connectivity index (χ1) is 9.44. The fourth-order valence-electron chi connectivity index (χ4n) is 1.69. The molecule has 112 valence electrons. The van der Waals surface area contributed by atoms with Crippen molar-refractivity contribution in [3.05, 3.63) is 22.8 Å². The molecular formula is C15H23ClN2O2. The van der Waals surface area contributed by atoms with Gasteiger partial charge >= 0.3 is 0 Å². The van der Waals surface area contributed by atoms with Gasteiger partial charge in [0.05, 0.1) is 22.9 Å². The van der Waals surface area contributed by atoms with Crippen LogP contribution in [-0.4, -0.2) is 29.8 Å². The molecule has 0 radical (unpaired) electrons. The number of rotatable bonds is 7. The first-order valence-corrected chi connectivity index (χ1v) is 7.47. The molecule has 0 bridgehead atoms. The molecule has 0 unspecified atom stereocenters. The second-order valence-electron chi connectivity index (χ2n) is 6.04. The van der Waals surface area contributed by atoms with Crippen LogP contribution in [0.5, 0.6) is 5.88 Å². The number of halogens is 1. The largest absolute Gasteiger partial charge is 0.475 e. The van der Waals surface area contributed by atoms with E-state index in [1.165, 1.54) is 12.8 Å². The smallest absolute Gasteiger partial charge is 0.213 e. The second kappa shape index (κ2) is 6.74. The van der Waals surface area contributed by atoms with Gasteiger partial charge in [-0.1, -0.05) is 11.6 Å². The van der Waals surface area contributed by atoms with Gasteiger partial charge in [0.1, 0.15) is 6.61 Å². The average Bonchev–Trinajstić information content (AvgIpc) is 3.17. The number of hydrogen-bond acceptors (Lipinski definition) is 4. The van der Waals surface area contributed by atoms with Gasteiger partial charge in [-0.25, -0.2) is 4.98 Å². The summed E-state index contributed by atoms with van der Waals surface area (Å²) in [7, 11) is 0. The van der Waals surface area contributed by atoms with Crippen molar-refractivity contribution in [1.29, 1.82) is 0 Å². The van der Waals surface area contributed by atoms with Crippen LogP contribution >= 0.6 is 11.6 Å². The minimum Gasteiger partial charge on any atom is -0.475 e. The van der Waals surface area contributed by atoms with Crippen molar-refractivity contribution in [2.75, 3.05) is 13.2 Å². The molecule has 2 rings (SSSR count). The van der Waals surface area contributed by atoms with Crippen LogP contribution in [-0.2, 0) is 11.3 Å². The highest BCUT2D eigenvalue weighted by atomic mass is 35.5. The normalized spacial score (nSPS) is 15.4. The van der Waals surface area contributed by atoms with Gasteiger partial charge in [0.2, 0.25) is 5.88 Å². The van der Waals surface area contributed by atoms with Crippen LogP contribution < -0.4 is 10.1 Å². The lowest BCUT2D eigenvalue weighted by Crippen LogP contribution is -2.22. The number of hydrogen-bond donors (Lipinski definition) is 1. The summed E-state index contributed by atoms with van der Waals surface area (Å²) in [6.45, 7) is 7.80. The molecule has 1 heterocycles. The van der Waals surface area contributed by atoms with Crippen LogP contribution in [0.2, 0.25) is 5.02 Å². The van der Waals surface area contributed by atoms with E-state index in [0.717, 1.165) is 5.69 Å². The Morgan fingerprint density at radius 3 is 2.70 bits per heavy atom. The molecule has 1 aliphatic rings. The third kappa shape index (κ3) is 5.65. The Kier molecular flexibility index (Phi) is 5.24. The van der Waals surface area contributed by atoms with Gasteiger partial charge in [0, 0.05) is 18.7 Å². The van der Waals surface area contributed by atoms with Crippen molar-refractivity contribution in [2.24, 2.45) is 0 Å². The average molecular weight is 299 g/mol. The molecule has 4 nitrogen and oxygen atoms in total. The van der Waals surface area contributed by atoms with E-state index >= 15 is 0 Å². The minimum atomic E-state index is -0.143. The third-order valence-electron chi connectivity index (χ3n) is 2.90. The van der Waals surface area contributed by atoms with Gasteiger partial charge in [-0.15, -0.1) is 0 Å². The number of ether oxygens (including phenoxy) is 2. The van der Waals surface area contributed by atoms with E-state index < -0.39 is 0 Å². The Labute approximate surface area is 125 Å². The molecule has 0 atom stereocenters. The molecule has 0 aromatic carbocycles. The predicted octanol–water partition coefficient (Wildman–Crippen LogP) is 3.18. The van der Waals surface area contributed by atoms with E-state index in [0.29, 0.717) is 36.7 Å². The lowest BCUT2D eigenvalue weighted by atomic mass is 10.2. The second-order valence-corrected chi connectivity index (χ2v) is 6.45. The summed E-state index contributed by atoms with van der Waals surface area (Å²) in [5.74, 6) is 0.597. The summed E-state index contributed by atoms with van der Waals surface area (Å²) < 4.78 is 11.2. The number of nitrogens with zero attached hydrogens (tertiary/aromatic N) is 1. The van der Waals surface area contributed by atoms with E-state index in [2.05, 4.69) is 10.3 Å². The van der Waals surface area contributed by atoms with Crippen molar-refractivity contribution in [2.45, 2.75) is 51.8 Å². The van der Waals surface area contributed by atoms with Gasteiger partial charge in [-0.2, -0.15) is 0 Å². The molecule has 5 heteroatoms. The Morgan fingerprint density at radius 1 is 1.30 bits per heavy atom. The molecule has 0 saturated heterocycles. The van der Waals surface area contributed by atoms with Gasteiger partial charge in [-0.05, 0) is 39.7 Å². The number of pyridine rings is 1. The first-order valence-electron chi connectivity index (χ1n) is 7.09. The fraction of sp³-hybridized carbons (Fsp3) is 0.667. The highest BCUT2D eigenvalue weighted by molar-refractivity contribution is 6.31.